The molecule has 114 valence electrons. The standard InChI is InChI=1S/C13H12N4O4S/c18-9-4-2-1-3-7(9)16-13(22)17(15-14-16)8-5-10(19)12-20-6-11(8)21-12/h1-4,8,11-12,18H,5-6H2/t8-,11-,12-/m1/s1. The largest absolute Gasteiger partial charge is 0.506 e. The van der Waals surface area contributed by atoms with Gasteiger partial charge in [-0.05, 0) is 34.8 Å². The van der Waals surface area contributed by atoms with E-state index in [-0.39, 0.29) is 34.9 Å². The van der Waals surface area contributed by atoms with Crippen LogP contribution in [0.25, 0.3) is 5.69 Å². The second kappa shape index (κ2) is 4.97. The van der Waals surface area contributed by atoms with Crippen molar-refractivity contribution >= 4 is 18.0 Å². The predicted molar refractivity (Wildman–Crippen MR) is 75.1 cm³/mol. The summed E-state index contributed by atoms with van der Waals surface area (Å²) in [6.45, 7) is 0.326. The molecule has 9 heteroatoms. The quantitative estimate of drug-likeness (QED) is 0.817. The molecule has 1 N–H and O–H groups in total. The van der Waals surface area contributed by atoms with Crippen molar-refractivity contribution < 1.29 is 19.4 Å². The Bertz CT molecular complexity index is 801. The van der Waals surface area contributed by atoms with Gasteiger partial charge in [-0.1, -0.05) is 12.1 Å². The van der Waals surface area contributed by atoms with Gasteiger partial charge < -0.3 is 14.6 Å². The number of aromatic hydroxyl groups is 1. The van der Waals surface area contributed by atoms with Crippen LogP contribution in [-0.2, 0) is 14.3 Å². The minimum atomic E-state index is -0.761. The Labute approximate surface area is 129 Å². The van der Waals surface area contributed by atoms with E-state index in [4.69, 9.17) is 21.7 Å². The second-order valence-electron chi connectivity index (χ2n) is 5.18. The first kappa shape index (κ1) is 13.6. The fourth-order valence-corrected chi connectivity index (χ4v) is 3.03. The smallest absolute Gasteiger partial charge is 0.221 e. The van der Waals surface area contributed by atoms with E-state index in [0.29, 0.717) is 12.3 Å². The molecule has 2 aliphatic heterocycles. The van der Waals surface area contributed by atoms with Crippen LogP contribution in [-0.4, -0.2) is 49.7 Å². The highest BCUT2D eigenvalue weighted by Crippen LogP contribution is 2.33. The van der Waals surface area contributed by atoms with E-state index in [1.807, 2.05) is 0 Å². The summed E-state index contributed by atoms with van der Waals surface area (Å²) in [6.07, 6.45) is -0.795. The Balaban J connectivity index is 1.75. The number of hydrogen-bond donors (Lipinski definition) is 1. The maximum absolute atomic E-state index is 11.9. The first-order chi connectivity index (χ1) is 10.6. The van der Waals surface area contributed by atoms with Gasteiger partial charge in [0.05, 0.1) is 12.6 Å². The summed E-state index contributed by atoms with van der Waals surface area (Å²) < 4.78 is 13.9. The Morgan fingerprint density at radius 1 is 1.32 bits per heavy atom. The molecule has 0 unspecified atom stereocenters. The van der Waals surface area contributed by atoms with Crippen molar-refractivity contribution in [1.82, 2.24) is 19.8 Å². The van der Waals surface area contributed by atoms with Crippen LogP contribution in [0.2, 0.25) is 0 Å². The monoisotopic (exact) mass is 320 g/mol. The number of carbonyl (C=O) groups excluding carboxylic acids is 1. The molecule has 3 atom stereocenters. The lowest BCUT2D eigenvalue weighted by Gasteiger charge is -2.25. The van der Waals surface area contributed by atoms with Gasteiger partial charge in [0.1, 0.15) is 17.5 Å². The summed E-state index contributed by atoms with van der Waals surface area (Å²) in [5, 5.41) is 17.9. The predicted octanol–water partition coefficient (Wildman–Crippen LogP) is 0.759. The fraction of sp³-hybridized carbons (Fsp3) is 0.385. The minimum absolute atomic E-state index is 0.0471. The fourth-order valence-electron chi connectivity index (χ4n) is 2.73. The minimum Gasteiger partial charge on any atom is -0.506 e. The number of tetrazole rings is 1. The number of carbonyl (C=O) groups is 1. The Kier molecular flexibility index (Phi) is 3.06. The Hall–Kier alpha value is -2.10. The number of rotatable bonds is 2. The number of phenolic OH excluding ortho intramolecular Hbond substituents is 1. The zero-order valence-corrected chi connectivity index (χ0v) is 12.1. The van der Waals surface area contributed by atoms with Crippen LogP contribution in [0.3, 0.4) is 0 Å². The van der Waals surface area contributed by atoms with Crippen LogP contribution >= 0.6 is 12.2 Å². The number of benzene rings is 1. The number of Topliss-reactive ketones (excluding diaryl/α,β-unsaturated/α-hetero) is 1. The summed E-state index contributed by atoms with van der Waals surface area (Å²) in [5.74, 6) is -0.0800. The Morgan fingerprint density at radius 2 is 2.14 bits per heavy atom. The molecule has 2 bridgehead atoms. The third-order valence-corrected chi connectivity index (χ3v) is 4.20. The molecule has 0 aliphatic carbocycles. The summed E-state index contributed by atoms with van der Waals surface area (Å²) in [5.41, 5.74) is 0.433. The average molecular weight is 320 g/mol. The molecule has 2 aromatic rings. The van der Waals surface area contributed by atoms with Gasteiger partial charge in [-0.2, -0.15) is 4.68 Å². The summed E-state index contributed by atoms with van der Waals surface area (Å²) in [7, 11) is 0. The third kappa shape index (κ3) is 1.97. The molecular weight excluding hydrogens is 308 g/mol. The van der Waals surface area contributed by atoms with E-state index in [1.165, 1.54) is 9.36 Å². The maximum atomic E-state index is 11.9. The molecule has 2 saturated heterocycles. The van der Waals surface area contributed by atoms with Crippen molar-refractivity contribution in [3.05, 3.63) is 29.0 Å². The number of hydrogen-bond acceptors (Lipinski definition) is 7. The van der Waals surface area contributed by atoms with E-state index in [1.54, 1.807) is 24.3 Å². The van der Waals surface area contributed by atoms with Gasteiger partial charge in [0.2, 0.25) is 11.1 Å². The van der Waals surface area contributed by atoms with Crippen LogP contribution in [0.15, 0.2) is 24.3 Å². The second-order valence-corrected chi connectivity index (χ2v) is 5.55. The first-order valence-electron chi connectivity index (χ1n) is 6.78. The zero-order chi connectivity index (χ0) is 15.3. The highest BCUT2D eigenvalue weighted by Gasteiger charge is 2.45. The van der Waals surface area contributed by atoms with Gasteiger partial charge in [-0.25, -0.2) is 4.68 Å². The molecule has 1 aromatic carbocycles. The average Bonchev–Trinajstić information content (AvgIpc) is 3.10. The van der Waals surface area contributed by atoms with Gasteiger partial charge in [-0.15, -0.1) is 0 Å². The molecule has 3 heterocycles. The van der Waals surface area contributed by atoms with Gasteiger partial charge >= 0.3 is 0 Å². The zero-order valence-electron chi connectivity index (χ0n) is 11.3. The molecule has 2 fully saturated rings. The molecular formula is C13H12N4O4S. The molecule has 0 radical (unpaired) electrons. The number of fused-ring (bicyclic) bond motifs is 2. The van der Waals surface area contributed by atoms with E-state index >= 15 is 0 Å². The Morgan fingerprint density at radius 3 is 2.95 bits per heavy atom. The number of phenols is 1. The van der Waals surface area contributed by atoms with E-state index in [9.17, 15) is 9.90 Å². The lowest BCUT2D eigenvalue weighted by molar-refractivity contribution is -0.156. The third-order valence-electron chi connectivity index (χ3n) is 3.84. The summed E-state index contributed by atoms with van der Waals surface area (Å²) in [6, 6.07) is 6.34. The number of aromatic nitrogens is 4. The number of ether oxygens (including phenoxy) is 2. The van der Waals surface area contributed by atoms with Crippen LogP contribution in [0, 0.1) is 4.77 Å². The van der Waals surface area contributed by atoms with Gasteiger partial charge in [0.15, 0.2) is 5.78 Å². The van der Waals surface area contributed by atoms with Crippen molar-refractivity contribution in [2.75, 3.05) is 6.61 Å². The number of nitrogens with zero attached hydrogens (tertiary/aromatic N) is 4. The topological polar surface area (TPSA) is 91.4 Å². The van der Waals surface area contributed by atoms with E-state index < -0.39 is 6.29 Å². The SMILES string of the molecule is O=C1C[C@@H](n2nnn(-c3ccccc3O)c2=S)[C@H]2CO[C@@H]1O2. The lowest BCUT2D eigenvalue weighted by atomic mass is 10.0. The highest BCUT2D eigenvalue weighted by atomic mass is 32.1. The molecule has 4 rings (SSSR count). The van der Waals surface area contributed by atoms with Crippen LogP contribution < -0.4 is 0 Å². The van der Waals surface area contributed by atoms with Crippen LogP contribution in [0.5, 0.6) is 5.75 Å². The summed E-state index contributed by atoms with van der Waals surface area (Å²) >= 11 is 5.38. The molecule has 22 heavy (non-hydrogen) atoms. The molecule has 0 amide bonds. The molecule has 0 saturated carbocycles. The molecule has 8 nitrogen and oxygen atoms in total. The molecule has 1 aromatic heterocycles. The highest BCUT2D eigenvalue weighted by molar-refractivity contribution is 7.71. The van der Waals surface area contributed by atoms with Crippen molar-refractivity contribution in [1.29, 1.82) is 0 Å². The molecule has 2 aliphatic rings. The molecule has 0 spiro atoms. The van der Waals surface area contributed by atoms with E-state index in [2.05, 4.69) is 10.4 Å². The van der Waals surface area contributed by atoms with E-state index in [0.717, 1.165) is 0 Å². The van der Waals surface area contributed by atoms with Gasteiger partial charge in [0, 0.05) is 6.42 Å². The van der Waals surface area contributed by atoms with Crippen LogP contribution in [0.4, 0.5) is 0 Å². The first-order valence-corrected chi connectivity index (χ1v) is 7.18. The van der Waals surface area contributed by atoms with Crippen molar-refractivity contribution in [2.24, 2.45) is 0 Å². The van der Waals surface area contributed by atoms with Gasteiger partial charge in [-0.3, -0.25) is 4.79 Å². The van der Waals surface area contributed by atoms with Crippen LogP contribution in [0.1, 0.15) is 12.5 Å². The lowest BCUT2D eigenvalue weighted by Crippen LogP contribution is -2.37. The van der Waals surface area contributed by atoms with Crippen molar-refractivity contribution in [2.45, 2.75) is 24.9 Å². The number of para-hydroxylation sites is 2. The number of ketones is 1. The summed E-state index contributed by atoms with van der Waals surface area (Å²) in [4.78, 5) is 11.9. The van der Waals surface area contributed by atoms with Crippen molar-refractivity contribution in [3.8, 4) is 11.4 Å². The maximum Gasteiger partial charge on any atom is 0.221 e. The van der Waals surface area contributed by atoms with Gasteiger partial charge in [0.25, 0.3) is 0 Å². The normalized spacial score (nSPS) is 27.3. The van der Waals surface area contributed by atoms with Crippen molar-refractivity contribution in [3.63, 3.8) is 0 Å².